The van der Waals surface area contributed by atoms with Gasteiger partial charge in [0.1, 0.15) is 5.76 Å². The first-order valence-corrected chi connectivity index (χ1v) is 11.2. The number of hydrogen-bond donors (Lipinski definition) is 3. The number of hydrogen-bond acceptors (Lipinski definition) is 8. The Labute approximate surface area is 189 Å². The number of carbonyl (C=O) groups excluding carboxylic acids is 2. The van der Waals surface area contributed by atoms with Gasteiger partial charge in [0.25, 0.3) is 0 Å². The van der Waals surface area contributed by atoms with Crippen LogP contribution in [0.25, 0.3) is 0 Å². The third kappa shape index (κ3) is 3.05. The normalized spacial score (nSPS) is 31.5. The van der Waals surface area contributed by atoms with Crippen LogP contribution >= 0.6 is 0 Å². The zero-order valence-corrected chi connectivity index (χ0v) is 18.2. The number of esters is 2. The molecule has 3 N–H and O–H groups in total. The molecule has 0 unspecified atom stereocenters. The van der Waals surface area contributed by atoms with Crippen LogP contribution in [-0.2, 0) is 35.7 Å². The molecule has 33 heavy (non-hydrogen) atoms. The van der Waals surface area contributed by atoms with Crippen LogP contribution in [0.3, 0.4) is 0 Å². The van der Waals surface area contributed by atoms with Crippen molar-refractivity contribution in [3.8, 4) is 11.5 Å². The smallest absolute Gasteiger partial charge is 0.344 e. The molecule has 9 nitrogen and oxygen atoms in total. The number of carboxylic acid groups (broad SMARTS) is 1. The molecule has 176 valence electrons. The lowest BCUT2D eigenvalue weighted by Crippen LogP contribution is -2.67. The molecule has 2 bridgehead atoms. The van der Waals surface area contributed by atoms with Crippen molar-refractivity contribution in [1.82, 2.24) is 0 Å². The van der Waals surface area contributed by atoms with Gasteiger partial charge in [-0.25, -0.2) is 4.79 Å². The molecule has 1 aromatic rings. The molecule has 1 saturated carbocycles. The number of carboxylic acids is 1. The van der Waals surface area contributed by atoms with E-state index in [0.29, 0.717) is 25.0 Å². The van der Waals surface area contributed by atoms with Crippen LogP contribution < -0.4 is 4.74 Å². The Balaban J connectivity index is 1.38. The Morgan fingerprint density at radius 3 is 2.76 bits per heavy atom. The highest BCUT2D eigenvalue weighted by molar-refractivity contribution is 5.81. The highest BCUT2D eigenvalue weighted by Gasteiger charge is 2.70. The molecule has 9 heteroatoms. The summed E-state index contributed by atoms with van der Waals surface area (Å²) in [7, 11) is 0. The minimum Gasteiger partial charge on any atom is -0.504 e. The van der Waals surface area contributed by atoms with Crippen molar-refractivity contribution < 1.29 is 43.9 Å². The maximum absolute atomic E-state index is 12.5. The highest BCUT2D eigenvalue weighted by Crippen LogP contribution is 2.67. The summed E-state index contributed by atoms with van der Waals surface area (Å²) < 4.78 is 16.5. The van der Waals surface area contributed by atoms with Crippen LogP contribution in [0.4, 0.5) is 0 Å². The fraction of sp³-hybridized carbons (Fsp3) is 0.542. The summed E-state index contributed by atoms with van der Waals surface area (Å²) in [5.74, 6) is -2.13. The second-order valence-corrected chi connectivity index (χ2v) is 9.39. The predicted molar refractivity (Wildman–Crippen MR) is 111 cm³/mol. The van der Waals surface area contributed by atoms with Gasteiger partial charge in [-0.2, -0.15) is 0 Å². The summed E-state index contributed by atoms with van der Waals surface area (Å²) in [6, 6.07) is 3.48. The number of phenolic OH excluding ortho intramolecular Hbond substituents is 1. The molecule has 1 aliphatic heterocycles. The molecule has 0 saturated heterocycles. The number of phenols is 1. The zero-order chi connectivity index (χ0) is 23.5. The van der Waals surface area contributed by atoms with Crippen molar-refractivity contribution in [1.29, 1.82) is 0 Å². The average Bonchev–Trinajstić information content (AvgIpc) is 3.11. The molecule has 3 aliphatic carbocycles. The Bertz CT molecular complexity index is 1080. The van der Waals surface area contributed by atoms with Gasteiger partial charge >= 0.3 is 17.9 Å². The number of carbonyl (C=O) groups is 3. The largest absolute Gasteiger partial charge is 0.504 e. The van der Waals surface area contributed by atoms with Crippen molar-refractivity contribution in [2.24, 2.45) is 5.92 Å². The van der Waals surface area contributed by atoms with Gasteiger partial charge in [0.15, 0.2) is 23.7 Å². The van der Waals surface area contributed by atoms with E-state index in [9.17, 15) is 24.6 Å². The first kappa shape index (κ1) is 21.8. The predicted octanol–water partition coefficient (Wildman–Crippen LogP) is 2.11. The van der Waals surface area contributed by atoms with Crippen molar-refractivity contribution in [2.45, 2.75) is 75.1 Å². The second-order valence-electron chi connectivity index (χ2n) is 9.39. The van der Waals surface area contributed by atoms with E-state index in [2.05, 4.69) is 0 Å². The van der Waals surface area contributed by atoms with Gasteiger partial charge in [-0.05, 0) is 56.2 Å². The second kappa shape index (κ2) is 7.48. The topological polar surface area (TPSA) is 140 Å². The van der Waals surface area contributed by atoms with Gasteiger partial charge in [0, 0.05) is 5.56 Å². The molecular weight excluding hydrogens is 432 g/mol. The Hall–Kier alpha value is -3.07. The molecule has 1 heterocycles. The summed E-state index contributed by atoms with van der Waals surface area (Å²) in [5.41, 5.74) is -0.00623. The number of rotatable bonds is 6. The number of benzene rings is 1. The van der Waals surface area contributed by atoms with Crippen LogP contribution in [-0.4, -0.2) is 51.0 Å². The van der Waals surface area contributed by atoms with E-state index in [-0.39, 0.29) is 30.3 Å². The lowest BCUT2D eigenvalue weighted by Gasteiger charge is -2.59. The average molecular weight is 458 g/mol. The summed E-state index contributed by atoms with van der Waals surface area (Å²) in [5, 5.41) is 31.2. The molecule has 5 atom stereocenters. The molecule has 0 aromatic heterocycles. The van der Waals surface area contributed by atoms with Crippen LogP contribution in [0.1, 0.15) is 56.6 Å². The fourth-order valence-electron chi connectivity index (χ4n) is 6.22. The van der Waals surface area contributed by atoms with Gasteiger partial charge in [0.2, 0.25) is 0 Å². The van der Waals surface area contributed by atoms with E-state index in [1.807, 2.05) is 6.07 Å². The number of aromatic hydroxyl groups is 1. The molecule has 1 fully saturated rings. The van der Waals surface area contributed by atoms with Crippen LogP contribution in [0, 0.1) is 5.92 Å². The first-order valence-electron chi connectivity index (χ1n) is 11.2. The Kier molecular flexibility index (Phi) is 4.93. The SMILES string of the molecule is C[C@H](OC(=O)CCC(=O)OC1=CC[C@@]2(O)[C@@H]3CCC[C@@]24c2c(ccc(O)c2O[C@@H]14)C3)C(=O)O. The summed E-state index contributed by atoms with van der Waals surface area (Å²) >= 11 is 0. The molecule has 4 aliphatic rings. The Morgan fingerprint density at radius 1 is 1.24 bits per heavy atom. The highest BCUT2D eigenvalue weighted by atomic mass is 16.6. The van der Waals surface area contributed by atoms with Crippen molar-refractivity contribution >= 4 is 17.9 Å². The standard InChI is InChI=1S/C24H26O9/c1-12(22(28)29)31-17(26)6-7-18(27)32-16-8-10-24(30)14-3-2-9-23(24)19-13(11-14)4-5-15(25)20(19)33-21(16)23/h4-5,8,12,14,21,25,30H,2-3,6-7,9-11H2,1H3,(H,28,29)/t12-,14+,21-,23-,24+/m0/s1. The van der Waals surface area contributed by atoms with Crippen LogP contribution in [0.2, 0.25) is 0 Å². The van der Waals surface area contributed by atoms with Crippen molar-refractivity contribution in [2.75, 3.05) is 0 Å². The number of ether oxygens (including phenoxy) is 3. The van der Waals surface area contributed by atoms with E-state index in [4.69, 9.17) is 19.3 Å². The maximum Gasteiger partial charge on any atom is 0.344 e. The van der Waals surface area contributed by atoms with Crippen molar-refractivity contribution in [3.63, 3.8) is 0 Å². The first-order chi connectivity index (χ1) is 15.7. The monoisotopic (exact) mass is 458 g/mol. The number of aliphatic carboxylic acids is 1. The number of aliphatic hydroxyl groups is 1. The third-order valence-corrected chi connectivity index (χ3v) is 7.68. The minimum absolute atomic E-state index is 0.00938. The summed E-state index contributed by atoms with van der Waals surface area (Å²) in [4.78, 5) is 35.1. The van der Waals surface area contributed by atoms with Gasteiger partial charge in [-0.1, -0.05) is 12.5 Å². The van der Waals surface area contributed by atoms with Gasteiger partial charge in [0.05, 0.1) is 23.9 Å². The lowest BCUT2D eigenvalue weighted by atomic mass is 9.47. The van der Waals surface area contributed by atoms with E-state index < -0.39 is 41.1 Å². The molecule has 0 radical (unpaired) electrons. The van der Waals surface area contributed by atoms with Crippen molar-refractivity contribution in [3.05, 3.63) is 35.1 Å². The van der Waals surface area contributed by atoms with Gasteiger partial charge in [-0.15, -0.1) is 0 Å². The van der Waals surface area contributed by atoms with E-state index in [1.54, 1.807) is 12.1 Å². The van der Waals surface area contributed by atoms with Gasteiger partial charge in [-0.3, -0.25) is 9.59 Å². The van der Waals surface area contributed by atoms with Crippen LogP contribution in [0.5, 0.6) is 11.5 Å². The Morgan fingerprint density at radius 2 is 2.00 bits per heavy atom. The quantitative estimate of drug-likeness (QED) is 0.547. The van der Waals surface area contributed by atoms with E-state index in [1.165, 1.54) is 6.92 Å². The fourth-order valence-corrected chi connectivity index (χ4v) is 6.22. The van der Waals surface area contributed by atoms with E-state index >= 15 is 0 Å². The molecular formula is C24H26O9. The third-order valence-electron chi connectivity index (χ3n) is 7.68. The summed E-state index contributed by atoms with van der Waals surface area (Å²) in [6.45, 7) is 1.23. The maximum atomic E-state index is 12.5. The molecule has 0 amide bonds. The van der Waals surface area contributed by atoms with Gasteiger partial charge < -0.3 is 29.5 Å². The zero-order valence-electron chi connectivity index (χ0n) is 18.2. The van der Waals surface area contributed by atoms with Crippen LogP contribution in [0.15, 0.2) is 24.0 Å². The molecule has 1 spiro atoms. The lowest BCUT2D eigenvalue weighted by molar-refractivity contribution is -0.164. The summed E-state index contributed by atoms with van der Waals surface area (Å²) in [6.07, 6.45) is 2.42. The van der Waals surface area contributed by atoms with E-state index in [0.717, 1.165) is 24.0 Å². The molecule has 1 aromatic carbocycles. The molecule has 5 rings (SSSR count). The minimum atomic E-state index is -1.30.